The van der Waals surface area contributed by atoms with Gasteiger partial charge in [-0.3, -0.25) is 4.68 Å². The largest absolute Gasteiger partial charge is 0.504 e. The molecule has 0 aliphatic heterocycles. The maximum Gasteiger partial charge on any atom is 0.160 e. The SMILES string of the molecule is CCn1nc(C(C)C)c(O)c1C. The summed E-state index contributed by atoms with van der Waals surface area (Å²) >= 11 is 0. The van der Waals surface area contributed by atoms with Crippen molar-refractivity contribution in [2.24, 2.45) is 0 Å². The van der Waals surface area contributed by atoms with Gasteiger partial charge in [0.05, 0.1) is 5.69 Å². The molecule has 1 N–H and O–H groups in total. The lowest BCUT2D eigenvalue weighted by atomic mass is 10.1. The van der Waals surface area contributed by atoms with Gasteiger partial charge in [0.25, 0.3) is 0 Å². The highest BCUT2D eigenvalue weighted by atomic mass is 16.3. The van der Waals surface area contributed by atoms with E-state index in [1.807, 2.05) is 32.4 Å². The van der Waals surface area contributed by atoms with Crippen molar-refractivity contribution in [3.8, 4) is 5.75 Å². The molecule has 0 aliphatic carbocycles. The summed E-state index contributed by atoms with van der Waals surface area (Å²) in [5.41, 5.74) is 1.66. The maximum atomic E-state index is 9.64. The highest BCUT2D eigenvalue weighted by Gasteiger charge is 2.14. The number of aromatic hydroxyl groups is 1. The maximum absolute atomic E-state index is 9.64. The molecule has 3 nitrogen and oxygen atoms in total. The number of rotatable bonds is 2. The molecule has 0 amide bonds. The Kier molecular flexibility index (Phi) is 2.40. The molecule has 12 heavy (non-hydrogen) atoms. The Morgan fingerprint density at radius 1 is 1.50 bits per heavy atom. The molecule has 68 valence electrons. The Morgan fingerprint density at radius 3 is 2.33 bits per heavy atom. The Labute approximate surface area is 73.0 Å². The number of hydrogen-bond acceptors (Lipinski definition) is 2. The zero-order valence-electron chi connectivity index (χ0n) is 8.13. The van der Waals surface area contributed by atoms with Crippen LogP contribution in [0.1, 0.15) is 38.1 Å². The number of nitrogens with zero attached hydrogens (tertiary/aromatic N) is 2. The van der Waals surface area contributed by atoms with Crippen LogP contribution in [0.15, 0.2) is 0 Å². The second-order valence-corrected chi connectivity index (χ2v) is 3.29. The van der Waals surface area contributed by atoms with E-state index in [4.69, 9.17) is 0 Å². The summed E-state index contributed by atoms with van der Waals surface area (Å²) in [6.07, 6.45) is 0. The van der Waals surface area contributed by atoms with Gasteiger partial charge in [-0.15, -0.1) is 0 Å². The van der Waals surface area contributed by atoms with E-state index in [0.29, 0.717) is 5.75 Å². The summed E-state index contributed by atoms with van der Waals surface area (Å²) in [7, 11) is 0. The molecule has 0 saturated heterocycles. The van der Waals surface area contributed by atoms with Crippen LogP contribution in [0.25, 0.3) is 0 Å². The molecule has 0 unspecified atom stereocenters. The molecular formula is C9H16N2O. The minimum atomic E-state index is 0.288. The minimum Gasteiger partial charge on any atom is -0.504 e. The minimum absolute atomic E-state index is 0.288. The van der Waals surface area contributed by atoms with Gasteiger partial charge in [0.15, 0.2) is 5.75 Å². The van der Waals surface area contributed by atoms with Crippen molar-refractivity contribution >= 4 is 0 Å². The third-order valence-corrected chi connectivity index (χ3v) is 2.05. The number of aromatic nitrogens is 2. The Morgan fingerprint density at radius 2 is 2.08 bits per heavy atom. The summed E-state index contributed by atoms with van der Waals surface area (Å²) in [6.45, 7) is 8.77. The fraction of sp³-hybridized carbons (Fsp3) is 0.667. The Hall–Kier alpha value is -0.990. The van der Waals surface area contributed by atoms with Crippen LogP contribution in [-0.2, 0) is 6.54 Å². The standard InChI is InChI=1S/C9H16N2O/c1-5-11-7(4)9(12)8(10-11)6(2)3/h6,12H,5H2,1-4H3. The fourth-order valence-electron chi connectivity index (χ4n) is 1.26. The van der Waals surface area contributed by atoms with Gasteiger partial charge in [-0.2, -0.15) is 5.10 Å². The second-order valence-electron chi connectivity index (χ2n) is 3.29. The Balaban J connectivity index is 3.16. The molecule has 0 spiro atoms. The van der Waals surface area contributed by atoms with E-state index in [1.165, 1.54) is 0 Å². The van der Waals surface area contributed by atoms with Gasteiger partial charge >= 0.3 is 0 Å². The molecule has 3 heteroatoms. The van der Waals surface area contributed by atoms with Crippen molar-refractivity contribution < 1.29 is 5.11 Å². The van der Waals surface area contributed by atoms with Crippen molar-refractivity contribution in [3.05, 3.63) is 11.4 Å². The van der Waals surface area contributed by atoms with Gasteiger partial charge in [-0.1, -0.05) is 13.8 Å². The lowest BCUT2D eigenvalue weighted by Gasteiger charge is -1.98. The summed E-state index contributed by atoms with van der Waals surface area (Å²) in [6, 6.07) is 0. The van der Waals surface area contributed by atoms with Crippen LogP contribution >= 0.6 is 0 Å². The molecule has 1 heterocycles. The van der Waals surface area contributed by atoms with Crippen LogP contribution in [0.2, 0.25) is 0 Å². The van der Waals surface area contributed by atoms with Crippen molar-refractivity contribution in [2.75, 3.05) is 0 Å². The predicted molar refractivity (Wildman–Crippen MR) is 48.4 cm³/mol. The molecule has 0 aromatic carbocycles. The first-order chi connectivity index (χ1) is 5.57. The zero-order chi connectivity index (χ0) is 9.30. The van der Waals surface area contributed by atoms with Crippen LogP contribution in [0.4, 0.5) is 0 Å². The molecule has 0 fully saturated rings. The lowest BCUT2D eigenvalue weighted by molar-refractivity contribution is 0.459. The van der Waals surface area contributed by atoms with E-state index < -0.39 is 0 Å². The van der Waals surface area contributed by atoms with Crippen molar-refractivity contribution in [1.82, 2.24) is 9.78 Å². The van der Waals surface area contributed by atoms with Gasteiger partial charge in [-0.25, -0.2) is 0 Å². The highest BCUT2D eigenvalue weighted by molar-refractivity contribution is 5.33. The second kappa shape index (κ2) is 3.17. The van der Waals surface area contributed by atoms with Crippen LogP contribution in [0, 0.1) is 6.92 Å². The number of hydrogen-bond donors (Lipinski definition) is 1. The molecule has 0 aliphatic rings. The summed E-state index contributed by atoms with van der Waals surface area (Å²) in [5.74, 6) is 0.642. The molecule has 1 rings (SSSR count). The van der Waals surface area contributed by atoms with E-state index >= 15 is 0 Å². The zero-order valence-corrected chi connectivity index (χ0v) is 8.13. The molecule has 1 aromatic heterocycles. The van der Waals surface area contributed by atoms with Gasteiger partial charge < -0.3 is 5.11 Å². The summed E-state index contributed by atoms with van der Waals surface area (Å²) < 4.78 is 1.82. The van der Waals surface area contributed by atoms with E-state index in [2.05, 4.69) is 5.10 Å². The van der Waals surface area contributed by atoms with Gasteiger partial charge in [0.2, 0.25) is 0 Å². The van der Waals surface area contributed by atoms with Crippen molar-refractivity contribution in [2.45, 2.75) is 40.2 Å². The first-order valence-corrected chi connectivity index (χ1v) is 4.34. The van der Waals surface area contributed by atoms with Crippen LogP contribution in [0.5, 0.6) is 5.75 Å². The average Bonchev–Trinajstić information content (AvgIpc) is 2.30. The van der Waals surface area contributed by atoms with Crippen molar-refractivity contribution in [3.63, 3.8) is 0 Å². The topological polar surface area (TPSA) is 38.0 Å². The van der Waals surface area contributed by atoms with E-state index in [1.54, 1.807) is 0 Å². The van der Waals surface area contributed by atoms with Crippen LogP contribution < -0.4 is 0 Å². The summed E-state index contributed by atoms with van der Waals surface area (Å²) in [4.78, 5) is 0. The molecule has 1 aromatic rings. The molecule has 0 bridgehead atoms. The summed E-state index contributed by atoms with van der Waals surface area (Å²) in [5, 5.41) is 13.9. The quantitative estimate of drug-likeness (QED) is 0.733. The number of aryl methyl sites for hydroxylation is 1. The van der Waals surface area contributed by atoms with Gasteiger partial charge in [0, 0.05) is 12.5 Å². The monoisotopic (exact) mass is 168 g/mol. The van der Waals surface area contributed by atoms with Crippen molar-refractivity contribution in [1.29, 1.82) is 0 Å². The van der Waals surface area contributed by atoms with Gasteiger partial charge in [0.1, 0.15) is 5.69 Å². The van der Waals surface area contributed by atoms with E-state index in [-0.39, 0.29) is 5.92 Å². The first-order valence-electron chi connectivity index (χ1n) is 4.34. The smallest absolute Gasteiger partial charge is 0.160 e. The van der Waals surface area contributed by atoms with Crippen LogP contribution in [-0.4, -0.2) is 14.9 Å². The highest BCUT2D eigenvalue weighted by Crippen LogP contribution is 2.27. The first kappa shape index (κ1) is 9.10. The molecule has 0 saturated carbocycles. The third kappa shape index (κ3) is 1.31. The molecule has 0 radical (unpaired) electrons. The third-order valence-electron chi connectivity index (χ3n) is 2.05. The average molecular weight is 168 g/mol. The molecular weight excluding hydrogens is 152 g/mol. The van der Waals surface area contributed by atoms with Gasteiger partial charge in [-0.05, 0) is 13.8 Å². The predicted octanol–water partition coefficient (Wildman–Crippen LogP) is 2.04. The lowest BCUT2D eigenvalue weighted by Crippen LogP contribution is -1.99. The van der Waals surface area contributed by atoms with E-state index in [0.717, 1.165) is 17.9 Å². The van der Waals surface area contributed by atoms with E-state index in [9.17, 15) is 5.11 Å². The Bertz CT molecular complexity index is 276. The molecule has 0 atom stereocenters. The fourth-order valence-corrected chi connectivity index (χ4v) is 1.26. The van der Waals surface area contributed by atoms with Crippen LogP contribution in [0.3, 0.4) is 0 Å². The normalized spacial score (nSPS) is 11.1.